The van der Waals surface area contributed by atoms with Crippen LogP contribution < -0.4 is 0 Å². The summed E-state index contributed by atoms with van der Waals surface area (Å²) >= 11 is 26.2. The third kappa shape index (κ3) is 6.02. The SMILES string of the molecule is CC(C)[Si](C#Cc1ccc(C#C[Si](C(C)C)(C(C)C)C(C)C)c2nc3c(Cl)c(Cl)c(Cl)c(Cl)c3nc12)(C(C)C)C(C)C. The molecule has 0 saturated heterocycles. The van der Waals surface area contributed by atoms with Gasteiger partial charge < -0.3 is 0 Å². The second-order valence-corrected chi connectivity index (χ2v) is 26.0. The molecule has 0 radical (unpaired) electrons. The Morgan fingerprint density at radius 1 is 0.452 bits per heavy atom. The first-order chi connectivity index (χ1) is 19.4. The number of benzene rings is 2. The van der Waals surface area contributed by atoms with Gasteiger partial charge in [0.2, 0.25) is 0 Å². The third-order valence-electron chi connectivity index (χ3n) is 9.38. The number of nitrogens with zero attached hydrogens (tertiary/aromatic N) is 2. The van der Waals surface area contributed by atoms with E-state index in [9.17, 15) is 0 Å². The molecule has 42 heavy (non-hydrogen) atoms. The van der Waals surface area contributed by atoms with Crippen molar-refractivity contribution in [1.29, 1.82) is 0 Å². The van der Waals surface area contributed by atoms with Gasteiger partial charge in [-0.25, -0.2) is 9.97 Å². The van der Waals surface area contributed by atoms with E-state index in [4.69, 9.17) is 56.4 Å². The van der Waals surface area contributed by atoms with Gasteiger partial charge in [0.1, 0.15) is 38.2 Å². The lowest BCUT2D eigenvalue weighted by atomic mass is 10.1. The molecule has 2 aromatic carbocycles. The van der Waals surface area contributed by atoms with Crippen molar-refractivity contribution in [1.82, 2.24) is 9.97 Å². The second-order valence-electron chi connectivity index (χ2n) is 13.3. The van der Waals surface area contributed by atoms with Crippen LogP contribution in [-0.4, -0.2) is 26.1 Å². The largest absolute Gasteiger partial charge is 0.241 e. The van der Waals surface area contributed by atoms with Crippen LogP contribution in [0.1, 0.15) is 94.2 Å². The number of hydrogen-bond acceptors (Lipinski definition) is 2. The summed E-state index contributed by atoms with van der Waals surface area (Å²) in [5.74, 6) is 7.17. The standard InChI is InChI=1S/C34H44Cl4N2Si2/c1-19(2)41(20(3)4,21(5)6)17-15-25-13-14-26(16-18-42(22(7)8,23(9)10)24(11)12)32-31(25)39-33-29(37)27(35)28(36)30(38)34(33)40-32/h13-14,19-24H,1-12H3. The Balaban J connectivity index is 2.50. The highest BCUT2D eigenvalue weighted by Crippen LogP contribution is 2.44. The van der Waals surface area contributed by atoms with Gasteiger partial charge in [-0.05, 0) is 45.4 Å². The van der Waals surface area contributed by atoms with Crippen LogP contribution in [0.5, 0.6) is 0 Å². The molecule has 1 aromatic heterocycles. The van der Waals surface area contributed by atoms with E-state index in [2.05, 4.69) is 106 Å². The first-order valence-electron chi connectivity index (χ1n) is 15.0. The third-order valence-corrected chi connectivity index (χ3v) is 23.7. The van der Waals surface area contributed by atoms with Gasteiger partial charge in [-0.3, -0.25) is 0 Å². The fourth-order valence-corrected chi connectivity index (χ4v) is 18.6. The van der Waals surface area contributed by atoms with Gasteiger partial charge in [0.25, 0.3) is 0 Å². The zero-order valence-electron chi connectivity index (χ0n) is 27.0. The molecule has 0 saturated carbocycles. The van der Waals surface area contributed by atoms with Crippen LogP contribution >= 0.6 is 46.4 Å². The fraction of sp³-hybridized carbons (Fsp3) is 0.529. The molecule has 0 N–H and O–H groups in total. The molecule has 1 heterocycles. The highest BCUT2D eigenvalue weighted by atomic mass is 35.5. The van der Waals surface area contributed by atoms with Crippen LogP contribution in [0.2, 0.25) is 53.3 Å². The Kier molecular flexibility index (Phi) is 11.2. The lowest BCUT2D eigenvalue weighted by Gasteiger charge is -2.38. The normalized spacial score (nSPS) is 12.7. The molecule has 0 aliphatic carbocycles. The number of fused-ring (bicyclic) bond motifs is 2. The second kappa shape index (κ2) is 13.4. The summed E-state index contributed by atoms with van der Waals surface area (Å²) in [5, 5.41) is 0.792. The molecule has 0 bridgehead atoms. The van der Waals surface area contributed by atoms with E-state index in [0.29, 0.717) is 55.3 Å². The maximum Gasteiger partial charge on any atom is 0.146 e. The molecule has 0 spiro atoms. The summed E-state index contributed by atoms with van der Waals surface area (Å²) in [4.78, 5) is 10.0. The van der Waals surface area contributed by atoms with E-state index in [1.165, 1.54) is 0 Å². The molecule has 3 aromatic rings. The predicted molar refractivity (Wildman–Crippen MR) is 193 cm³/mol. The van der Waals surface area contributed by atoms with Gasteiger partial charge in [0.05, 0.1) is 31.2 Å². The summed E-state index contributed by atoms with van der Waals surface area (Å²) in [6.45, 7) is 27.7. The van der Waals surface area contributed by atoms with Crippen molar-refractivity contribution in [2.24, 2.45) is 0 Å². The van der Waals surface area contributed by atoms with E-state index in [0.717, 1.165) is 11.1 Å². The number of aromatic nitrogens is 2. The van der Waals surface area contributed by atoms with Gasteiger partial charge in [0.15, 0.2) is 0 Å². The van der Waals surface area contributed by atoms with Crippen LogP contribution in [0.4, 0.5) is 0 Å². The van der Waals surface area contributed by atoms with Crippen molar-refractivity contribution in [2.75, 3.05) is 0 Å². The Morgan fingerprint density at radius 3 is 0.952 bits per heavy atom. The monoisotopic (exact) mass is 676 g/mol. The zero-order chi connectivity index (χ0) is 31.9. The average Bonchev–Trinajstić information content (AvgIpc) is 2.90. The first-order valence-corrected chi connectivity index (χ1v) is 20.9. The highest BCUT2D eigenvalue weighted by molar-refractivity contribution is 6.91. The van der Waals surface area contributed by atoms with E-state index in [-0.39, 0.29) is 20.1 Å². The molecule has 0 aliphatic rings. The van der Waals surface area contributed by atoms with E-state index in [1.807, 2.05) is 12.1 Å². The van der Waals surface area contributed by atoms with Crippen molar-refractivity contribution >= 4 is 84.6 Å². The predicted octanol–water partition coefficient (Wildman–Crippen LogP) is 12.5. The molecule has 8 heteroatoms. The van der Waals surface area contributed by atoms with Crippen molar-refractivity contribution in [3.63, 3.8) is 0 Å². The van der Waals surface area contributed by atoms with Gasteiger partial charge in [0, 0.05) is 0 Å². The number of rotatable bonds is 6. The average molecular weight is 679 g/mol. The van der Waals surface area contributed by atoms with Crippen LogP contribution in [-0.2, 0) is 0 Å². The smallest absolute Gasteiger partial charge is 0.146 e. The Hall–Kier alpha value is -1.25. The minimum absolute atomic E-state index is 0.167. The quantitative estimate of drug-likeness (QED) is 0.0853. The summed E-state index contributed by atoms with van der Waals surface area (Å²) in [6.07, 6.45) is 0. The lowest BCUT2D eigenvalue weighted by Crippen LogP contribution is -2.43. The van der Waals surface area contributed by atoms with Gasteiger partial charge in [-0.2, -0.15) is 0 Å². The molecule has 0 amide bonds. The Morgan fingerprint density at radius 2 is 0.714 bits per heavy atom. The summed E-state index contributed by atoms with van der Waals surface area (Å²) in [6, 6.07) is 4.08. The summed E-state index contributed by atoms with van der Waals surface area (Å²) < 4.78 is 0. The maximum absolute atomic E-state index is 6.67. The highest BCUT2D eigenvalue weighted by Gasteiger charge is 2.42. The number of halogens is 4. The van der Waals surface area contributed by atoms with Crippen molar-refractivity contribution < 1.29 is 0 Å². The van der Waals surface area contributed by atoms with Crippen molar-refractivity contribution in [3.8, 4) is 22.9 Å². The van der Waals surface area contributed by atoms with E-state index >= 15 is 0 Å². The summed E-state index contributed by atoms with van der Waals surface area (Å²) in [7, 11) is -3.99. The van der Waals surface area contributed by atoms with Crippen LogP contribution in [0.25, 0.3) is 22.1 Å². The van der Waals surface area contributed by atoms with Crippen LogP contribution in [0, 0.1) is 22.9 Å². The minimum atomic E-state index is -2.00. The van der Waals surface area contributed by atoms with Crippen LogP contribution in [0.15, 0.2) is 12.1 Å². The van der Waals surface area contributed by atoms with Gasteiger partial charge in [-0.1, -0.05) is 141 Å². The molecule has 0 fully saturated rings. The molecule has 0 aliphatic heterocycles. The first kappa shape index (κ1) is 35.2. The Bertz CT molecular complexity index is 1460. The van der Waals surface area contributed by atoms with Gasteiger partial charge >= 0.3 is 0 Å². The lowest BCUT2D eigenvalue weighted by molar-refractivity contribution is 0.838. The van der Waals surface area contributed by atoms with E-state index < -0.39 is 16.1 Å². The van der Waals surface area contributed by atoms with E-state index in [1.54, 1.807) is 0 Å². The van der Waals surface area contributed by atoms with Gasteiger partial charge in [-0.15, -0.1) is 11.1 Å². The molecular weight excluding hydrogens is 634 g/mol. The molecule has 226 valence electrons. The topological polar surface area (TPSA) is 25.8 Å². The zero-order valence-corrected chi connectivity index (χ0v) is 32.0. The maximum atomic E-state index is 6.67. The molecular formula is C34H44Cl4N2Si2. The molecule has 0 atom stereocenters. The molecule has 3 rings (SSSR count). The number of hydrogen-bond donors (Lipinski definition) is 0. The molecule has 0 unspecified atom stereocenters. The fourth-order valence-electron chi connectivity index (χ4n) is 7.26. The molecule has 2 nitrogen and oxygen atoms in total. The Labute approximate surface area is 275 Å². The van der Waals surface area contributed by atoms with Crippen molar-refractivity contribution in [2.45, 2.75) is 116 Å². The van der Waals surface area contributed by atoms with Crippen LogP contribution in [0.3, 0.4) is 0 Å². The minimum Gasteiger partial charge on any atom is -0.241 e. The summed E-state index contributed by atoms with van der Waals surface area (Å²) in [5.41, 5.74) is 14.4. The van der Waals surface area contributed by atoms with Crippen molar-refractivity contribution in [3.05, 3.63) is 43.4 Å².